The van der Waals surface area contributed by atoms with E-state index in [9.17, 15) is 13.2 Å². The van der Waals surface area contributed by atoms with E-state index in [4.69, 9.17) is 16.0 Å². The molecule has 0 bridgehead atoms. The van der Waals surface area contributed by atoms with Crippen LogP contribution in [0.2, 0.25) is 5.02 Å². The number of hydrogen-bond donors (Lipinski definition) is 1. The maximum Gasteiger partial charge on any atom is 0.287 e. The van der Waals surface area contributed by atoms with Crippen LogP contribution in [-0.4, -0.2) is 32.4 Å². The Hall–Kier alpha value is -1.53. The van der Waals surface area contributed by atoms with Gasteiger partial charge in [0, 0.05) is 17.0 Å². The van der Waals surface area contributed by atoms with Crippen LogP contribution in [-0.2, 0) is 9.84 Å². The van der Waals surface area contributed by atoms with Crippen molar-refractivity contribution in [3.63, 3.8) is 0 Å². The van der Waals surface area contributed by atoms with Crippen LogP contribution in [0.3, 0.4) is 0 Å². The van der Waals surface area contributed by atoms with Crippen molar-refractivity contribution in [1.29, 1.82) is 0 Å². The Balaban J connectivity index is 1.67. The molecule has 0 radical (unpaired) electrons. The molecule has 1 aliphatic rings. The Morgan fingerprint density at radius 2 is 2.19 bits per heavy atom. The van der Waals surface area contributed by atoms with Gasteiger partial charge in [0.05, 0.1) is 11.5 Å². The molecule has 1 saturated heterocycles. The normalized spacial score (nSPS) is 20.7. The highest BCUT2D eigenvalue weighted by Gasteiger charge is 2.28. The molecule has 7 heteroatoms. The van der Waals surface area contributed by atoms with Crippen molar-refractivity contribution in [2.45, 2.75) is 6.42 Å². The number of halogens is 1. The van der Waals surface area contributed by atoms with Crippen LogP contribution < -0.4 is 5.32 Å². The molecule has 1 aromatic carbocycles. The first kappa shape index (κ1) is 14.4. The van der Waals surface area contributed by atoms with Crippen molar-refractivity contribution >= 4 is 38.3 Å². The number of benzene rings is 1. The van der Waals surface area contributed by atoms with Crippen molar-refractivity contribution in [3.05, 3.63) is 35.0 Å². The van der Waals surface area contributed by atoms with Gasteiger partial charge in [0.25, 0.3) is 5.91 Å². The summed E-state index contributed by atoms with van der Waals surface area (Å²) in [5, 5.41) is 4.06. The van der Waals surface area contributed by atoms with E-state index < -0.39 is 9.84 Å². The lowest BCUT2D eigenvalue weighted by Gasteiger charge is -2.07. The number of carbonyl (C=O) groups excluding carboxylic acids is 1. The second-order valence-corrected chi connectivity index (χ2v) is 7.94. The molecular weight excluding hydrogens is 314 g/mol. The van der Waals surface area contributed by atoms with Gasteiger partial charge in [-0.3, -0.25) is 4.79 Å². The molecule has 1 aromatic heterocycles. The van der Waals surface area contributed by atoms with Gasteiger partial charge < -0.3 is 9.73 Å². The van der Waals surface area contributed by atoms with E-state index in [-0.39, 0.29) is 29.1 Å². The molecule has 1 N–H and O–H groups in total. The van der Waals surface area contributed by atoms with Crippen LogP contribution in [0.1, 0.15) is 17.0 Å². The lowest BCUT2D eigenvalue weighted by atomic mass is 10.1. The Labute approximate surface area is 127 Å². The summed E-state index contributed by atoms with van der Waals surface area (Å²) < 4.78 is 28.2. The fraction of sp³-hybridized carbons (Fsp3) is 0.357. The summed E-state index contributed by atoms with van der Waals surface area (Å²) in [6, 6.07) is 6.75. The number of fused-ring (bicyclic) bond motifs is 1. The van der Waals surface area contributed by atoms with Crippen LogP contribution in [0.5, 0.6) is 0 Å². The third kappa shape index (κ3) is 3.22. The molecule has 2 heterocycles. The van der Waals surface area contributed by atoms with E-state index in [0.717, 1.165) is 5.39 Å². The van der Waals surface area contributed by atoms with E-state index in [1.165, 1.54) is 0 Å². The maximum absolute atomic E-state index is 12.0. The van der Waals surface area contributed by atoms with Crippen LogP contribution in [0.15, 0.2) is 28.7 Å². The van der Waals surface area contributed by atoms with Gasteiger partial charge in [-0.25, -0.2) is 8.42 Å². The largest absolute Gasteiger partial charge is 0.451 e. The van der Waals surface area contributed by atoms with Crippen molar-refractivity contribution in [1.82, 2.24) is 5.32 Å². The van der Waals surface area contributed by atoms with Crippen LogP contribution >= 0.6 is 11.6 Å². The molecule has 0 aliphatic carbocycles. The van der Waals surface area contributed by atoms with Crippen LogP contribution in [0.4, 0.5) is 0 Å². The Bertz CT molecular complexity index is 796. The zero-order valence-electron chi connectivity index (χ0n) is 11.1. The Kier molecular flexibility index (Phi) is 3.67. The van der Waals surface area contributed by atoms with E-state index in [1.807, 2.05) is 0 Å². The molecule has 1 unspecified atom stereocenters. The van der Waals surface area contributed by atoms with Crippen molar-refractivity contribution in [2.75, 3.05) is 18.1 Å². The Morgan fingerprint density at radius 1 is 1.38 bits per heavy atom. The van der Waals surface area contributed by atoms with E-state index in [2.05, 4.69) is 5.32 Å². The summed E-state index contributed by atoms with van der Waals surface area (Å²) in [6.45, 7) is 0.343. The molecule has 2 aromatic rings. The highest BCUT2D eigenvalue weighted by molar-refractivity contribution is 7.91. The molecule has 1 amide bonds. The lowest BCUT2D eigenvalue weighted by Crippen LogP contribution is -2.29. The van der Waals surface area contributed by atoms with Crippen LogP contribution in [0, 0.1) is 5.92 Å². The minimum absolute atomic E-state index is 0.0160. The molecular formula is C14H14ClNO4S. The second-order valence-electron chi connectivity index (χ2n) is 5.27. The summed E-state index contributed by atoms with van der Waals surface area (Å²) in [5.41, 5.74) is 0.591. The fourth-order valence-electron chi connectivity index (χ4n) is 2.48. The van der Waals surface area contributed by atoms with Gasteiger partial charge >= 0.3 is 0 Å². The molecule has 0 spiro atoms. The quantitative estimate of drug-likeness (QED) is 0.938. The van der Waals surface area contributed by atoms with Gasteiger partial charge in [-0.15, -0.1) is 0 Å². The summed E-state index contributed by atoms with van der Waals surface area (Å²) in [6.07, 6.45) is 0.596. The zero-order chi connectivity index (χ0) is 15.0. The van der Waals surface area contributed by atoms with Crippen molar-refractivity contribution in [3.8, 4) is 0 Å². The third-order valence-electron chi connectivity index (χ3n) is 3.58. The number of furan rings is 1. The summed E-state index contributed by atoms with van der Waals surface area (Å²) >= 11 is 5.88. The first-order chi connectivity index (χ1) is 9.93. The molecule has 0 saturated carbocycles. The highest BCUT2D eigenvalue weighted by atomic mass is 35.5. The second kappa shape index (κ2) is 5.35. The smallest absolute Gasteiger partial charge is 0.287 e. The molecule has 1 atom stereocenters. The minimum Gasteiger partial charge on any atom is -0.451 e. The zero-order valence-corrected chi connectivity index (χ0v) is 12.7. The van der Waals surface area contributed by atoms with E-state index >= 15 is 0 Å². The predicted molar refractivity (Wildman–Crippen MR) is 80.3 cm³/mol. The number of nitrogens with one attached hydrogen (secondary N) is 1. The number of sulfone groups is 1. The summed E-state index contributed by atoms with van der Waals surface area (Å²) in [7, 11) is -2.92. The third-order valence-corrected chi connectivity index (χ3v) is 5.65. The van der Waals surface area contributed by atoms with E-state index in [0.29, 0.717) is 23.6 Å². The summed E-state index contributed by atoms with van der Waals surface area (Å²) in [5.74, 6) is 0.192. The SMILES string of the molecule is O=C(NCC1CCS(=O)(=O)C1)c1cc2cc(Cl)ccc2o1. The fourth-order valence-corrected chi connectivity index (χ4v) is 4.53. The van der Waals surface area contributed by atoms with Gasteiger partial charge in [0.15, 0.2) is 15.6 Å². The minimum atomic E-state index is -2.92. The number of hydrogen-bond acceptors (Lipinski definition) is 4. The topological polar surface area (TPSA) is 76.4 Å². The maximum atomic E-state index is 12.0. The monoisotopic (exact) mass is 327 g/mol. The van der Waals surface area contributed by atoms with E-state index in [1.54, 1.807) is 24.3 Å². The average Bonchev–Trinajstić information content (AvgIpc) is 2.98. The standard InChI is InChI=1S/C14H14ClNO4S/c15-11-1-2-12-10(5-11)6-13(20-12)14(17)16-7-9-3-4-21(18,19)8-9/h1-2,5-6,9H,3-4,7-8H2,(H,16,17). The Morgan fingerprint density at radius 3 is 2.90 bits per heavy atom. The molecule has 3 rings (SSSR count). The average molecular weight is 328 g/mol. The first-order valence-corrected chi connectivity index (χ1v) is 8.81. The molecule has 112 valence electrons. The lowest BCUT2D eigenvalue weighted by molar-refractivity contribution is 0.0923. The van der Waals surface area contributed by atoms with Crippen LogP contribution in [0.25, 0.3) is 11.0 Å². The van der Waals surface area contributed by atoms with Gasteiger partial charge in [-0.05, 0) is 36.6 Å². The van der Waals surface area contributed by atoms with Gasteiger partial charge in [-0.2, -0.15) is 0 Å². The molecule has 21 heavy (non-hydrogen) atoms. The molecule has 1 aliphatic heterocycles. The number of amides is 1. The number of rotatable bonds is 3. The van der Waals surface area contributed by atoms with Crippen molar-refractivity contribution in [2.24, 2.45) is 5.92 Å². The predicted octanol–water partition coefficient (Wildman–Crippen LogP) is 2.25. The number of carbonyl (C=O) groups is 1. The molecule has 1 fully saturated rings. The summed E-state index contributed by atoms with van der Waals surface area (Å²) in [4.78, 5) is 12.0. The highest BCUT2D eigenvalue weighted by Crippen LogP contribution is 2.23. The van der Waals surface area contributed by atoms with Crippen molar-refractivity contribution < 1.29 is 17.6 Å². The van der Waals surface area contributed by atoms with Gasteiger partial charge in [0.2, 0.25) is 0 Å². The molecule has 5 nitrogen and oxygen atoms in total. The first-order valence-electron chi connectivity index (χ1n) is 6.61. The van der Waals surface area contributed by atoms with Gasteiger partial charge in [-0.1, -0.05) is 11.6 Å². The van der Waals surface area contributed by atoms with Gasteiger partial charge in [0.1, 0.15) is 5.58 Å².